The van der Waals surface area contributed by atoms with Crippen molar-refractivity contribution >= 4 is 79.9 Å². The number of carbonyl (C=O) groups excluding carboxylic acids is 4. The van der Waals surface area contributed by atoms with E-state index < -0.39 is 61.8 Å². The van der Waals surface area contributed by atoms with Crippen LogP contribution in [0.5, 0.6) is 23.0 Å². The molecule has 0 aliphatic carbocycles. The Balaban J connectivity index is 0.000000216. The molecule has 2 atom stereocenters. The molecule has 2 unspecified atom stereocenters. The molecular formula is C52H46Cl2F6N2O12. The highest BCUT2D eigenvalue weighted by molar-refractivity contribution is 6.35. The van der Waals surface area contributed by atoms with E-state index in [-0.39, 0.29) is 117 Å². The average molecular weight is 1080 g/mol. The molecule has 2 N–H and O–H groups in total. The van der Waals surface area contributed by atoms with E-state index in [2.05, 4.69) is 0 Å². The van der Waals surface area contributed by atoms with Gasteiger partial charge in [-0.1, -0.05) is 83.9 Å². The molecule has 0 fully saturated rings. The summed E-state index contributed by atoms with van der Waals surface area (Å²) in [6, 6.07) is 21.6. The molecule has 6 aromatic rings. The highest BCUT2D eigenvalue weighted by atomic mass is 35.5. The topological polar surface area (TPSA) is 171 Å². The first-order chi connectivity index (χ1) is 35.1. The number of benzene rings is 6. The molecule has 2 aliphatic heterocycles. The summed E-state index contributed by atoms with van der Waals surface area (Å²) >= 11 is 12.9. The number of fused-ring (bicyclic) bond motifs is 4. The van der Waals surface area contributed by atoms with Crippen LogP contribution in [0.1, 0.15) is 83.1 Å². The van der Waals surface area contributed by atoms with Crippen LogP contribution in [-0.2, 0) is 31.9 Å². The Morgan fingerprint density at radius 2 is 0.865 bits per heavy atom. The van der Waals surface area contributed by atoms with Gasteiger partial charge < -0.3 is 38.6 Å². The first-order valence-electron chi connectivity index (χ1n) is 22.9. The zero-order valence-electron chi connectivity index (χ0n) is 39.8. The van der Waals surface area contributed by atoms with Gasteiger partial charge in [-0.2, -0.15) is 26.3 Å². The molecule has 6 aromatic carbocycles. The molecule has 0 saturated heterocycles. The van der Waals surface area contributed by atoms with Gasteiger partial charge in [-0.15, -0.1) is 0 Å². The zero-order valence-corrected chi connectivity index (χ0v) is 41.3. The number of hydrogen-bond donors (Lipinski definition) is 2. The molecule has 0 saturated carbocycles. The van der Waals surface area contributed by atoms with Crippen LogP contribution < -0.4 is 28.7 Å². The maximum atomic E-state index is 13.7. The van der Waals surface area contributed by atoms with Crippen LogP contribution >= 0.6 is 23.2 Å². The molecule has 8 rings (SSSR count). The second kappa shape index (κ2) is 22.6. The number of alkyl halides is 6. The van der Waals surface area contributed by atoms with E-state index in [9.17, 15) is 55.7 Å². The van der Waals surface area contributed by atoms with E-state index in [0.717, 1.165) is 9.80 Å². The number of amides is 2. The van der Waals surface area contributed by atoms with E-state index in [1.165, 1.54) is 36.4 Å². The normalized spacial score (nSPS) is 15.2. The summed E-state index contributed by atoms with van der Waals surface area (Å²) in [5.41, 5.74) is 0.689. The third kappa shape index (κ3) is 11.4. The molecule has 392 valence electrons. The number of hydrogen-bond acceptors (Lipinski definition) is 12. The minimum absolute atomic E-state index is 0.0191. The largest absolute Gasteiger partial charge is 0.493 e. The highest BCUT2D eigenvalue weighted by Gasteiger charge is 2.46. The minimum Gasteiger partial charge on any atom is -0.493 e. The number of esters is 2. The number of carbonyl (C=O) groups is 4. The van der Waals surface area contributed by atoms with Gasteiger partial charge in [0.2, 0.25) is 0 Å². The van der Waals surface area contributed by atoms with Crippen LogP contribution in [0.4, 0.5) is 37.7 Å². The van der Waals surface area contributed by atoms with Crippen molar-refractivity contribution in [2.45, 2.75) is 65.3 Å². The van der Waals surface area contributed by atoms with Crippen LogP contribution in [0, 0.1) is 0 Å². The fourth-order valence-corrected chi connectivity index (χ4v) is 9.18. The van der Waals surface area contributed by atoms with E-state index >= 15 is 0 Å². The Morgan fingerprint density at radius 3 is 1.22 bits per heavy atom. The number of aliphatic hydroxyl groups excluding tert-OH is 2. The van der Waals surface area contributed by atoms with Gasteiger partial charge in [0, 0.05) is 21.5 Å². The second-order valence-electron chi connectivity index (χ2n) is 16.3. The minimum atomic E-state index is -4.66. The van der Waals surface area contributed by atoms with Gasteiger partial charge in [-0.3, -0.25) is 29.0 Å². The van der Waals surface area contributed by atoms with Crippen LogP contribution in [0.15, 0.2) is 84.9 Å². The van der Waals surface area contributed by atoms with Crippen molar-refractivity contribution < 1.29 is 84.2 Å². The number of aliphatic hydroxyl groups is 2. The molecule has 0 aromatic heterocycles. The number of rotatable bonds is 16. The van der Waals surface area contributed by atoms with Crippen molar-refractivity contribution in [2.75, 3.05) is 49.4 Å². The highest BCUT2D eigenvalue weighted by Crippen LogP contribution is 2.53. The molecule has 0 spiro atoms. The lowest BCUT2D eigenvalue weighted by Gasteiger charge is -2.23. The van der Waals surface area contributed by atoms with Crippen molar-refractivity contribution in [3.63, 3.8) is 0 Å². The Labute approximate surface area is 428 Å². The Morgan fingerprint density at radius 1 is 0.527 bits per heavy atom. The lowest BCUT2D eigenvalue weighted by atomic mass is 9.98. The molecule has 74 heavy (non-hydrogen) atoms. The zero-order chi connectivity index (χ0) is 53.8. The monoisotopic (exact) mass is 1070 g/mol. The molecule has 14 nitrogen and oxygen atoms in total. The molecule has 2 heterocycles. The SMILES string of the molecule is CCOC(=O)Cc1ccc(N2C(=O)c3c(c(OCC(F)(F)F)c4ccccc4c3OCC)C2O)c(Cl)c1.CCOC(=O)Cc1ccc(N2C(=O)c3c(c(OCC)c4ccccc4c3OCC(F)(F)F)C2O)c(Cl)c1. The average Bonchev–Trinajstić information content (AvgIpc) is 3.74. The summed E-state index contributed by atoms with van der Waals surface area (Å²) in [4.78, 5) is 52.9. The molecule has 0 radical (unpaired) electrons. The third-order valence-corrected chi connectivity index (χ3v) is 12.0. The molecule has 2 amide bonds. The van der Waals surface area contributed by atoms with Crippen LogP contribution in [-0.4, -0.2) is 86.0 Å². The fraction of sp³-hybridized carbons (Fsp3) is 0.308. The van der Waals surface area contributed by atoms with Gasteiger partial charge in [-0.05, 0) is 63.1 Å². The second-order valence-corrected chi connectivity index (χ2v) is 17.1. The van der Waals surface area contributed by atoms with Gasteiger partial charge in [0.1, 0.15) is 23.0 Å². The van der Waals surface area contributed by atoms with Crippen molar-refractivity contribution in [2.24, 2.45) is 0 Å². The quantitative estimate of drug-likeness (QED) is 0.0695. The first-order valence-corrected chi connectivity index (χ1v) is 23.6. The van der Waals surface area contributed by atoms with Crippen molar-refractivity contribution in [1.29, 1.82) is 0 Å². The summed E-state index contributed by atoms with van der Waals surface area (Å²) in [5.74, 6) is -2.77. The van der Waals surface area contributed by atoms with E-state index in [0.29, 0.717) is 21.9 Å². The Hall–Kier alpha value is -7.00. The van der Waals surface area contributed by atoms with Crippen molar-refractivity contribution in [1.82, 2.24) is 0 Å². The Bertz CT molecular complexity index is 3070. The predicted octanol–water partition coefficient (Wildman–Crippen LogP) is 11.2. The van der Waals surface area contributed by atoms with Crippen LogP contribution in [0.3, 0.4) is 0 Å². The number of ether oxygens (including phenoxy) is 6. The molecule has 0 bridgehead atoms. The van der Waals surface area contributed by atoms with E-state index in [1.807, 2.05) is 0 Å². The van der Waals surface area contributed by atoms with Gasteiger partial charge in [0.15, 0.2) is 25.7 Å². The van der Waals surface area contributed by atoms with Gasteiger partial charge >= 0.3 is 24.3 Å². The molecule has 2 aliphatic rings. The van der Waals surface area contributed by atoms with Gasteiger partial charge in [0.05, 0.1) is 82.9 Å². The van der Waals surface area contributed by atoms with Gasteiger partial charge in [-0.25, -0.2) is 0 Å². The third-order valence-electron chi connectivity index (χ3n) is 11.4. The smallest absolute Gasteiger partial charge is 0.422 e. The summed E-state index contributed by atoms with van der Waals surface area (Å²) < 4.78 is 110. The number of halogens is 8. The Kier molecular flexibility index (Phi) is 16.7. The van der Waals surface area contributed by atoms with Crippen LogP contribution in [0.2, 0.25) is 10.0 Å². The van der Waals surface area contributed by atoms with Crippen molar-refractivity contribution in [3.05, 3.63) is 128 Å². The maximum absolute atomic E-state index is 13.7. The first kappa shape index (κ1) is 54.8. The predicted molar refractivity (Wildman–Crippen MR) is 260 cm³/mol. The van der Waals surface area contributed by atoms with Crippen molar-refractivity contribution in [3.8, 4) is 23.0 Å². The van der Waals surface area contributed by atoms with Gasteiger partial charge in [0.25, 0.3) is 11.8 Å². The fourth-order valence-electron chi connectivity index (χ4n) is 8.59. The number of nitrogens with zero attached hydrogens (tertiary/aromatic N) is 2. The summed E-state index contributed by atoms with van der Waals surface area (Å²) in [6.45, 7) is 4.26. The standard InChI is InChI=1S/2C26H23ClF3NO6/c2*1-3-35-19(32)12-14-9-10-18(17(27)11-14)31-24(33)20-21(25(31)34)23(37-13-26(28,29)30)16-8-6-5-7-15(16)22(20)36-4-2/h5-11,25,34H,3-4,12-13H2,1-2H3;5-11,24,33H,3-4,12-13H2,1-2H3. The summed E-state index contributed by atoms with van der Waals surface area (Å²) in [6.07, 6.45) is -12.8. The molecular weight excluding hydrogens is 1030 g/mol. The lowest BCUT2D eigenvalue weighted by molar-refractivity contribution is -0.154. The molecule has 22 heteroatoms. The maximum Gasteiger partial charge on any atom is 0.422 e. The summed E-state index contributed by atoms with van der Waals surface area (Å²) in [5, 5.41) is 23.9. The van der Waals surface area contributed by atoms with E-state index in [1.54, 1.807) is 76.2 Å². The number of anilines is 2. The van der Waals surface area contributed by atoms with E-state index in [4.69, 9.17) is 51.6 Å². The summed E-state index contributed by atoms with van der Waals surface area (Å²) in [7, 11) is 0. The van der Waals surface area contributed by atoms with Crippen LogP contribution in [0.25, 0.3) is 21.5 Å². The lowest BCUT2D eigenvalue weighted by Crippen LogP contribution is -2.28.